The Labute approximate surface area is 173 Å². The van der Waals surface area contributed by atoms with Crippen molar-refractivity contribution in [2.45, 2.75) is 13.8 Å². The molecule has 0 unspecified atom stereocenters. The fourth-order valence-corrected chi connectivity index (χ4v) is 4.47. The molecule has 0 N–H and O–H groups in total. The van der Waals surface area contributed by atoms with Crippen molar-refractivity contribution in [2.75, 3.05) is 4.90 Å². The summed E-state index contributed by atoms with van der Waals surface area (Å²) < 4.78 is 1.16. The van der Waals surface area contributed by atoms with E-state index in [0.717, 1.165) is 20.8 Å². The Bertz CT molecular complexity index is 986. The van der Waals surface area contributed by atoms with E-state index in [1.807, 2.05) is 0 Å². The molecular weight excluding hydrogens is 414 g/mol. The lowest BCUT2D eigenvalue weighted by Gasteiger charge is -2.26. The lowest BCUT2D eigenvalue weighted by Crippen LogP contribution is -2.09. The highest BCUT2D eigenvalue weighted by molar-refractivity contribution is 9.11. The monoisotopic (exact) mass is 433 g/mol. The molecule has 1 aromatic heterocycles. The standard InChI is InChI=1S/C24H20BrNS/c1-17-3-9-20(10-4-17)26(21-11-5-18(2)6-12-21)22-13-7-19(8-14-22)23-15-16-24(25)27-23/h3-16H,1-2H3. The summed E-state index contributed by atoms with van der Waals surface area (Å²) >= 11 is 5.30. The highest BCUT2D eigenvalue weighted by atomic mass is 79.9. The maximum absolute atomic E-state index is 3.55. The minimum Gasteiger partial charge on any atom is -0.311 e. The fourth-order valence-electron chi connectivity index (χ4n) is 3.08. The van der Waals surface area contributed by atoms with Gasteiger partial charge in [-0.1, -0.05) is 47.5 Å². The van der Waals surface area contributed by atoms with Gasteiger partial charge in [0.2, 0.25) is 0 Å². The smallest absolute Gasteiger partial charge is 0.0705 e. The van der Waals surface area contributed by atoms with Crippen LogP contribution in [-0.2, 0) is 0 Å². The van der Waals surface area contributed by atoms with Gasteiger partial charge in [-0.25, -0.2) is 0 Å². The molecule has 134 valence electrons. The third-order valence-electron chi connectivity index (χ3n) is 4.57. The van der Waals surface area contributed by atoms with Crippen molar-refractivity contribution in [3.63, 3.8) is 0 Å². The Morgan fingerprint density at radius 1 is 0.593 bits per heavy atom. The first kappa shape index (κ1) is 18.0. The quantitative estimate of drug-likeness (QED) is 0.312. The van der Waals surface area contributed by atoms with Gasteiger partial charge < -0.3 is 4.90 Å². The zero-order valence-corrected chi connectivity index (χ0v) is 17.7. The van der Waals surface area contributed by atoms with Gasteiger partial charge in [-0.05, 0) is 83.9 Å². The molecule has 0 radical (unpaired) electrons. The minimum atomic E-state index is 1.15. The summed E-state index contributed by atoms with van der Waals surface area (Å²) in [6.45, 7) is 4.24. The first-order chi connectivity index (χ1) is 13.1. The predicted octanol–water partition coefficient (Wildman–Crippen LogP) is 8.26. The van der Waals surface area contributed by atoms with Crippen molar-refractivity contribution in [2.24, 2.45) is 0 Å². The topological polar surface area (TPSA) is 3.24 Å². The minimum absolute atomic E-state index is 1.15. The van der Waals surface area contributed by atoms with Crippen LogP contribution in [0.4, 0.5) is 17.1 Å². The molecule has 4 aromatic rings. The van der Waals surface area contributed by atoms with Crippen LogP contribution in [0.2, 0.25) is 0 Å². The first-order valence-corrected chi connectivity index (χ1v) is 10.5. The van der Waals surface area contributed by atoms with Crippen LogP contribution in [0.3, 0.4) is 0 Å². The maximum Gasteiger partial charge on any atom is 0.0705 e. The van der Waals surface area contributed by atoms with Crippen LogP contribution in [0.1, 0.15) is 11.1 Å². The van der Waals surface area contributed by atoms with E-state index in [1.165, 1.54) is 21.6 Å². The van der Waals surface area contributed by atoms with E-state index < -0.39 is 0 Å². The second-order valence-electron chi connectivity index (χ2n) is 6.66. The second-order valence-corrected chi connectivity index (χ2v) is 9.12. The van der Waals surface area contributed by atoms with E-state index in [0.29, 0.717) is 0 Å². The van der Waals surface area contributed by atoms with Gasteiger partial charge in [0.05, 0.1) is 3.79 Å². The van der Waals surface area contributed by atoms with Crippen molar-refractivity contribution < 1.29 is 0 Å². The van der Waals surface area contributed by atoms with Gasteiger partial charge in [-0.2, -0.15) is 0 Å². The molecule has 0 amide bonds. The molecule has 0 aliphatic carbocycles. The molecule has 0 spiro atoms. The predicted molar refractivity (Wildman–Crippen MR) is 122 cm³/mol. The normalized spacial score (nSPS) is 10.8. The molecule has 0 saturated heterocycles. The number of rotatable bonds is 4. The summed E-state index contributed by atoms with van der Waals surface area (Å²) in [5, 5.41) is 0. The summed E-state index contributed by atoms with van der Waals surface area (Å²) in [5.74, 6) is 0. The molecule has 1 heterocycles. The van der Waals surface area contributed by atoms with Crippen LogP contribution < -0.4 is 4.90 Å². The molecule has 0 aliphatic rings. The van der Waals surface area contributed by atoms with Gasteiger partial charge in [0.15, 0.2) is 0 Å². The highest BCUT2D eigenvalue weighted by Gasteiger charge is 2.12. The summed E-state index contributed by atoms with van der Waals surface area (Å²) in [7, 11) is 0. The fraction of sp³-hybridized carbons (Fsp3) is 0.0833. The number of halogens is 1. The molecular formula is C24H20BrNS. The van der Waals surface area contributed by atoms with Gasteiger partial charge in [0, 0.05) is 21.9 Å². The Morgan fingerprint density at radius 2 is 1.04 bits per heavy atom. The van der Waals surface area contributed by atoms with Crippen molar-refractivity contribution in [3.05, 3.63) is 99.8 Å². The van der Waals surface area contributed by atoms with Gasteiger partial charge in [-0.3, -0.25) is 0 Å². The van der Waals surface area contributed by atoms with Crippen molar-refractivity contribution >= 4 is 44.3 Å². The maximum atomic E-state index is 3.55. The van der Waals surface area contributed by atoms with Gasteiger partial charge in [0.25, 0.3) is 0 Å². The number of hydrogen-bond donors (Lipinski definition) is 0. The average molecular weight is 434 g/mol. The highest BCUT2D eigenvalue weighted by Crippen LogP contribution is 2.37. The Hall–Kier alpha value is -2.36. The van der Waals surface area contributed by atoms with Gasteiger partial charge >= 0.3 is 0 Å². The third kappa shape index (κ3) is 4.00. The van der Waals surface area contributed by atoms with Gasteiger partial charge in [0.1, 0.15) is 0 Å². The molecule has 0 atom stereocenters. The van der Waals surface area contributed by atoms with Crippen LogP contribution in [-0.4, -0.2) is 0 Å². The summed E-state index contributed by atoms with van der Waals surface area (Å²) in [4.78, 5) is 3.57. The Kier molecular flexibility index (Phi) is 5.15. The molecule has 3 aromatic carbocycles. The van der Waals surface area contributed by atoms with Crippen molar-refractivity contribution in [3.8, 4) is 10.4 Å². The summed E-state index contributed by atoms with van der Waals surface area (Å²) in [6.07, 6.45) is 0. The van der Waals surface area contributed by atoms with Crippen LogP contribution in [0.5, 0.6) is 0 Å². The molecule has 27 heavy (non-hydrogen) atoms. The lowest BCUT2D eigenvalue weighted by molar-refractivity contribution is 1.27. The molecule has 0 fully saturated rings. The van der Waals surface area contributed by atoms with Crippen LogP contribution >= 0.6 is 27.3 Å². The SMILES string of the molecule is Cc1ccc(N(c2ccc(C)cc2)c2ccc(-c3ccc(Br)s3)cc2)cc1. The summed E-state index contributed by atoms with van der Waals surface area (Å²) in [5.41, 5.74) is 7.25. The lowest BCUT2D eigenvalue weighted by atomic mass is 10.1. The molecule has 3 heteroatoms. The molecule has 0 bridgehead atoms. The van der Waals surface area contributed by atoms with E-state index in [-0.39, 0.29) is 0 Å². The van der Waals surface area contributed by atoms with Gasteiger partial charge in [-0.15, -0.1) is 11.3 Å². The van der Waals surface area contributed by atoms with Crippen molar-refractivity contribution in [1.82, 2.24) is 0 Å². The third-order valence-corrected chi connectivity index (χ3v) is 6.24. The molecule has 4 rings (SSSR count). The van der Waals surface area contributed by atoms with Crippen molar-refractivity contribution in [1.29, 1.82) is 0 Å². The van der Waals surface area contributed by atoms with Crippen LogP contribution in [0.15, 0.2) is 88.7 Å². The number of aryl methyl sites for hydroxylation is 2. The van der Waals surface area contributed by atoms with E-state index in [2.05, 4.69) is 120 Å². The number of nitrogens with zero attached hydrogens (tertiary/aromatic N) is 1. The number of benzene rings is 3. The van der Waals surface area contributed by atoms with E-state index in [1.54, 1.807) is 11.3 Å². The Balaban J connectivity index is 1.76. The van der Waals surface area contributed by atoms with Crippen LogP contribution in [0.25, 0.3) is 10.4 Å². The second kappa shape index (κ2) is 7.71. The number of anilines is 3. The van der Waals surface area contributed by atoms with E-state index in [4.69, 9.17) is 0 Å². The van der Waals surface area contributed by atoms with E-state index in [9.17, 15) is 0 Å². The van der Waals surface area contributed by atoms with E-state index >= 15 is 0 Å². The largest absolute Gasteiger partial charge is 0.311 e. The average Bonchev–Trinajstić information content (AvgIpc) is 3.12. The van der Waals surface area contributed by atoms with Crippen LogP contribution in [0, 0.1) is 13.8 Å². The summed E-state index contributed by atoms with van der Waals surface area (Å²) in [6, 6.07) is 30.4. The zero-order valence-electron chi connectivity index (χ0n) is 15.3. The Morgan fingerprint density at radius 3 is 1.44 bits per heavy atom. The molecule has 0 aliphatic heterocycles. The zero-order chi connectivity index (χ0) is 18.8. The molecule has 1 nitrogen and oxygen atoms in total. The number of hydrogen-bond acceptors (Lipinski definition) is 2. The number of thiophene rings is 1. The molecule has 0 saturated carbocycles. The first-order valence-electron chi connectivity index (χ1n) is 8.89.